The first-order valence-electron chi connectivity index (χ1n) is 9.96. The van der Waals surface area contributed by atoms with E-state index in [1.165, 1.54) is 0 Å². The second-order valence-corrected chi connectivity index (χ2v) is 7.35. The highest BCUT2D eigenvalue weighted by Crippen LogP contribution is 2.28. The molecule has 1 saturated heterocycles. The van der Waals surface area contributed by atoms with Gasteiger partial charge in [0.05, 0.1) is 30.4 Å². The Bertz CT molecular complexity index is 1120. The van der Waals surface area contributed by atoms with Crippen molar-refractivity contribution in [3.8, 4) is 11.8 Å². The summed E-state index contributed by atoms with van der Waals surface area (Å²) in [5.41, 5.74) is 3.04. The highest BCUT2D eigenvalue weighted by Gasteiger charge is 2.22. The lowest BCUT2D eigenvalue weighted by Gasteiger charge is -2.36. The number of para-hydroxylation sites is 4. The largest absolute Gasteiger partial charge is 0.509 e. The zero-order chi connectivity index (χ0) is 21.1. The molecule has 0 radical (unpaired) electrons. The zero-order valence-electron chi connectivity index (χ0n) is 17.2. The number of methoxy groups -OCH3 is 1. The van der Waals surface area contributed by atoms with E-state index in [-0.39, 0.29) is 11.3 Å². The van der Waals surface area contributed by atoms with Crippen molar-refractivity contribution >= 4 is 22.3 Å². The Balaban J connectivity index is 1.49. The van der Waals surface area contributed by atoms with Gasteiger partial charge in [-0.2, -0.15) is 5.26 Å². The van der Waals surface area contributed by atoms with Crippen LogP contribution in [0.4, 0.5) is 5.69 Å². The normalized spacial score (nSPS) is 15.7. The van der Waals surface area contributed by atoms with Gasteiger partial charge < -0.3 is 19.3 Å². The van der Waals surface area contributed by atoms with E-state index in [1.807, 2.05) is 54.1 Å². The highest BCUT2D eigenvalue weighted by atomic mass is 16.5. The minimum Gasteiger partial charge on any atom is -0.509 e. The fraction of sp³-hybridized carbons (Fsp3) is 0.304. The number of allylic oxidation sites excluding steroid dienone is 1. The molecule has 3 aromatic rings. The molecule has 0 spiro atoms. The van der Waals surface area contributed by atoms with Gasteiger partial charge >= 0.3 is 0 Å². The fourth-order valence-corrected chi connectivity index (χ4v) is 3.94. The highest BCUT2D eigenvalue weighted by molar-refractivity contribution is 5.83. The van der Waals surface area contributed by atoms with E-state index in [1.54, 1.807) is 7.11 Å². The Morgan fingerprint density at radius 3 is 2.50 bits per heavy atom. The van der Waals surface area contributed by atoms with E-state index < -0.39 is 0 Å². The molecule has 1 aliphatic heterocycles. The number of nitriles is 1. The van der Waals surface area contributed by atoms with Crippen LogP contribution < -0.4 is 9.64 Å². The average Bonchev–Trinajstić information content (AvgIpc) is 3.11. The lowest BCUT2D eigenvalue weighted by molar-refractivity contribution is 0.238. The number of nitrogens with zero attached hydrogens (tertiary/aromatic N) is 5. The number of ether oxygens (including phenoxy) is 1. The Hall–Kier alpha value is -3.50. The quantitative estimate of drug-likeness (QED) is 0.521. The van der Waals surface area contributed by atoms with Gasteiger partial charge in [0.25, 0.3) is 0 Å². The maximum atomic E-state index is 10.8. The van der Waals surface area contributed by atoms with Gasteiger partial charge in [-0.05, 0) is 24.3 Å². The first kappa shape index (κ1) is 19.8. The third kappa shape index (κ3) is 3.70. The molecule has 1 aliphatic rings. The Kier molecular flexibility index (Phi) is 5.59. The topological polar surface area (TPSA) is 77.6 Å². The molecule has 154 valence electrons. The summed E-state index contributed by atoms with van der Waals surface area (Å²) in [6.07, 6.45) is 0. The van der Waals surface area contributed by atoms with Gasteiger partial charge in [0.2, 0.25) is 0 Å². The molecule has 7 heteroatoms. The van der Waals surface area contributed by atoms with E-state index in [2.05, 4.69) is 26.9 Å². The minimum absolute atomic E-state index is 0.0571. The molecule has 7 nitrogen and oxygen atoms in total. The van der Waals surface area contributed by atoms with Crippen molar-refractivity contribution in [1.29, 1.82) is 5.26 Å². The van der Waals surface area contributed by atoms with Crippen molar-refractivity contribution in [2.75, 3.05) is 44.7 Å². The van der Waals surface area contributed by atoms with Crippen molar-refractivity contribution in [3.63, 3.8) is 0 Å². The number of aryl methyl sites for hydroxylation is 1. The van der Waals surface area contributed by atoms with Crippen LogP contribution in [-0.2, 0) is 7.05 Å². The second kappa shape index (κ2) is 8.47. The molecule has 0 saturated carbocycles. The molecule has 1 fully saturated rings. The zero-order valence-corrected chi connectivity index (χ0v) is 17.2. The molecular weight excluding hydrogens is 378 g/mol. The molecule has 2 heterocycles. The lowest BCUT2D eigenvalue weighted by atomic mass is 10.2. The summed E-state index contributed by atoms with van der Waals surface area (Å²) in [5.74, 6) is 1.41. The van der Waals surface area contributed by atoms with Crippen LogP contribution in [0.1, 0.15) is 5.82 Å². The third-order valence-corrected chi connectivity index (χ3v) is 5.58. The number of aliphatic hydroxyl groups is 1. The summed E-state index contributed by atoms with van der Waals surface area (Å²) in [6.45, 7) is 3.53. The van der Waals surface area contributed by atoms with Crippen molar-refractivity contribution in [1.82, 2.24) is 14.5 Å². The lowest BCUT2D eigenvalue weighted by Crippen LogP contribution is -2.47. The average molecular weight is 403 g/mol. The smallest absolute Gasteiger partial charge is 0.155 e. The van der Waals surface area contributed by atoms with E-state index in [4.69, 9.17) is 4.74 Å². The Labute approximate surface area is 176 Å². The minimum atomic E-state index is 0.0571. The summed E-state index contributed by atoms with van der Waals surface area (Å²) >= 11 is 0. The predicted molar refractivity (Wildman–Crippen MR) is 118 cm³/mol. The maximum absolute atomic E-state index is 10.8. The fourth-order valence-electron chi connectivity index (χ4n) is 3.94. The standard InChI is InChI=1S/C23H25N5O2/c1-26-19-8-4-3-7-18(19)25-23(26)17(15-24)21(29)16-27-11-13-28(14-12-27)20-9-5-6-10-22(20)30-2/h3-10,29H,11-14,16H2,1-2H3/b21-17-. The van der Waals surface area contributed by atoms with Crippen molar-refractivity contribution < 1.29 is 9.84 Å². The van der Waals surface area contributed by atoms with Crippen LogP contribution in [-0.4, -0.2) is 59.4 Å². The van der Waals surface area contributed by atoms with Gasteiger partial charge in [0.1, 0.15) is 23.2 Å². The maximum Gasteiger partial charge on any atom is 0.155 e. The van der Waals surface area contributed by atoms with E-state index in [0.717, 1.165) is 48.6 Å². The molecule has 1 N–H and O–H groups in total. The van der Waals surface area contributed by atoms with Crippen LogP contribution in [0.25, 0.3) is 16.6 Å². The second-order valence-electron chi connectivity index (χ2n) is 7.35. The number of hydrogen-bond acceptors (Lipinski definition) is 6. The summed E-state index contributed by atoms with van der Waals surface area (Å²) in [7, 11) is 3.55. The number of fused-ring (bicyclic) bond motifs is 1. The number of aliphatic hydroxyl groups excluding tert-OH is 1. The molecule has 0 aliphatic carbocycles. The summed E-state index contributed by atoms with van der Waals surface area (Å²) in [5, 5.41) is 20.5. The number of hydrogen-bond donors (Lipinski definition) is 1. The van der Waals surface area contributed by atoms with E-state index in [9.17, 15) is 10.4 Å². The van der Waals surface area contributed by atoms with Crippen molar-refractivity contribution in [3.05, 3.63) is 60.1 Å². The van der Waals surface area contributed by atoms with E-state index in [0.29, 0.717) is 12.4 Å². The number of rotatable bonds is 5. The van der Waals surface area contributed by atoms with Crippen LogP contribution in [0.5, 0.6) is 5.75 Å². The molecule has 4 rings (SSSR count). The number of imidazole rings is 1. The molecular formula is C23H25N5O2. The van der Waals surface area contributed by atoms with Gasteiger partial charge in [-0.25, -0.2) is 4.98 Å². The molecule has 0 atom stereocenters. The molecule has 2 aromatic carbocycles. The van der Waals surface area contributed by atoms with Crippen LogP contribution >= 0.6 is 0 Å². The van der Waals surface area contributed by atoms with Crippen LogP contribution in [0, 0.1) is 11.3 Å². The number of anilines is 1. The molecule has 0 bridgehead atoms. The Morgan fingerprint density at radius 2 is 1.80 bits per heavy atom. The first-order chi connectivity index (χ1) is 14.6. The van der Waals surface area contributed by atoms with Gasteiger partial charge in [-0.1, -0.05) is 24.3 Å². The summed E-state index contributed by atoms with van der Waals surface area (Å²) in [6, 6.07) is 17.9. The van der Waals surface area contributed by atoms with E-state index >= 15 is 0 Å². The monoisotopic (exact) mass is 403 g/mol. The van der Waals surface area contributed by atoms with Gasteiger partial charge in [-0.15, -0.1) is 0 Å². The molecule has 30 heavy (non-hydrogen) atoms. The molecule has 1 aromatic heterocycles. The Morgan fingerprint density at radius 1 is 1.10 bits per heavy atom. The van der Waals surface area contributed by atoms with Crippen molar-refractivity contribution in [2.45, 2.75) is 0 Å². The first-order valence-corrected chi connectivity index (χ1v) is 9.96. The summed E-state index contributed by atoms with van der Waals surface area (Å²) in [4.78, 5) is 8.99. The third-order valence-electron chi connectivity index (χ3n) is 5.58. The van der Waals surface area contributed by atoms with Crippen LogP contribution in [0.2, 0.25) is 0 Å². The number of piperazine rings is 1. The molecule has 0 amide bonds. The van der Waals surface area contributed by atoms with Crippen molar-refractivity contribution in [2.24, 2.45) is 7.05 Å². The van der Waals surface area contributed by atoms with Gasteiger partial charge in [0.15, 0.2) is 5.82 Å². The van der Waals surface area contributed by atoms with Gasteiger partial charge in [-0.3, -0.25) is 4.90 Å². The number of benzene rings is 2. The molecule has 0 unspecified atom stereocenters. The van der Waals surface area contributed by atoms with Crippen LogP contribution in [0.3, 0.4) is 0 Å². The predicted octanol–water partition coefficient (Wildman–Crippen LogP) is 3.20. The van der Waals surface area contributed by atoms with Crippen LogP contribution in [0.15, 0.2) is 54.3 Å². The number of aromatic nitrogens is 2. The SMILES string of the molecule is COc1ccccc1N1CCN(C/C(O)=C(\C#N)c2nc3ccccc3n2C)CC1. The van der Waals surface area contributed by atoms with Gasteiger partial charge in [0, 0.05) is 33.2 Å². The summed E-state index contributed by atoms with van der Waals surface area (Å²) < 4.78 is 7.32.